The Morgan fingerprint density at radius 3 is 2.68 bits per heavy atom. The third-order valence-corrected chi connectivity index (χ3v) is 3.66. The molecule has 0 aliphatic carbocycles. The lowest BCUT2D eigenvalue weighted by Crippen LogP contribution is -2.30. The van der Waals surface area contributed by atoms with Crippen molar-refractivity contribution in [3.63, 3.8) is 0 Å². The second-order valence-electron chi connectivity index (χ2n) is 5.81. The SMILES string of the molecule is COc1ccc(C)cc1CN(C)CC(=O)Nc1ccccc1[N+](=O)[O-]. The topological polar surface area (TPSA) is 84.7 Å². The number of benzene rings is 2. The first-order valence-electron chi connectivity index (χ1n) is 7.76. The second kappa shape index (κ2) is 8.25. The first kappa shape index (κ1) is 18.4. The maximum absolute atomic E-state index is 12.2. The largest absolute Gasteiger partial charge is 0.496 e. The van der Waals surface area contributed by atoms with Crippen molar-refractivity contribution in [2.24, 2.45) is 0 Å². The molecule has 0 atom stereocenters. The van der Waals surface area contributed by atoms with E-state index < -0.39 is 4.92 Å². The first-order valence-corrected chi connectivity index (χ1v) is 7.76. The van der Waals surface area contributed by atoms with Gasteiger partial charge in [-0.05, 0) is 26.1 Å². The molecule has 1 amide bonds. The molecule has 0 aliphatic rings. The Bertz CT molecular complexity index is 777. The molecule has 0 aliphatic heterocycles. The fourth-order valence-corrected chi connectivity index (χ4v) is 2.55. The van der Waals surface area contributed by atoms with Crippen LogP contribution in [0.5, 0.6) is 5.75 Å². The molecule has 0 unspecified atom stereocenters. The number of rotatable bonds is 7. The van der Waals surface area contributed by atoms with Gasteiger partial charge in [-0.15, -0.1) is 0 Å². The van der Waals surface area contributed by atoms with Gasteiger partial charge in [-0.25, -0.2) is 0 Å². The van der Waals surface area contributed by atoms with Crippen molar-refractivity contribution in [3.05, 3.63) is 63.7 Å². The molecule has 0 bridgehead atoms. The predicted molar refractivity (Wildman–Crippen MR) is 95.8 cm³/mol. The highest BCUT2D eigenvalue weighted by atomic mass is 16.6. The quantitative estimate of drug-likeness (QED) is 0.617. The number of likely N-dealkylation sites (N-methyl/N-ethyl adjacent to an activating group) is 1. The summed E-state index contributed by atoms with van der Waals surface area (Å²) in [5.74, 6) is 0.444. The van der Waals surface area contributed by atoms with Gasteiger partial charge in [0.1, 0.15) is 11.4 Å². The minimum absolute atomic E-state index is 0.100. The number of nitrogens with one attached hydrogen (secondary N) is 1. The van der Waals surface area contributed by atoms with Gasteiger partial charge >= 0.3 is 0 Å². The Labute approximate surface area is 146 Å². The van der Waals surface area contributed by atoms with Crippen LogP contribution in [0, 0.1) is 17.0 Å². The molecule has 7 nitrogen and oxygen atoms in total. The number of ether oxygens (including phenoxy) is 1. The standard InChI is InChI=1S/C18H21N3O4/c1-13-8-9-17(25-3)14(10-13)11-20(2)12-18(22)19-15-6-4-5-7-16(15)21(23)24/h4-10H,11-12H2,1-3H3,(H,19,22). The number of nitro benzene ring substituents is 1. The van der Waals surface area contributed by atoms with E-state index in [-0.39, 0.29) is 23.8 Å². The molecule has 2 aromatic rings. The van der Waals surface area contributed by atoms with Crippen LogP contribution in [0.3, 0.4) is 0 Å². The number of carbonyl (C=O) groups is 1. The summed E-state index contributed by atoms with van der Waals surface area (Å²) in [4.78, 5) is 24.5. The number of carbonyl (C=O) groups excluding carboxylic acids is 1. The van der Waals surface area contributed by atoms with Gasteiger partial charge in [0, 0.05) is 18.2 Å². The molecular formula is C18H21N3O4. The Balaban J connectivity index is 2.02. The number of nitro groups is 1. The fourth-order valence-electron chi connectivity index (χ4n) is 2.55. The van der Waals surface area contributed by atoms with Crippen molar-refractivity contribution < 1.29 is 14.5 Å². The van der Waals surface area contributed by atoms with E-state index in [1.165, 1.54) is 12.1 Å². The van der Waals surface area contributed by atoms with Gasteiger partial charge < -0.3 is 10.1 Å². The molecular weight excluding hydrogens is 322 g/mol. The van der Waals surface area contributed by atoms with Crippen LogP contribution in [-0.4, -0.2) is 36.4 Å². The van der Waals surface area contributed by atoms with Crippen LogP contribution in [0.1, 0.15) is 11.1 Å². The fraction of sp³-hybridized carbons (Fsp3) is 0.278. The van der Waals surface area contributed by atoms with Gasteiger partial charge in [0.2, 0.25) is 5.91 Å². The van der Waals surface area contributed by atoms with Gasteiger partial charge in [0.05, 0.1) is 18.6 Å². The van der Waals surface area contributed by atoms with Gasteiger partial charge in [-0.1, -0.05) is 29.8 Å². The second-order valence-corrected chi connectivity index (χ2v) is 5.81. The van der Waals surface area contributed by atoms with Crippen molar-refractivity contribution in [2.45, 2.75) is 13.5 Å². The van der Waals surface area contributed by atoms with Crippen LogP contribution in [0.4, 0.5) is 11.4 Å². The summed E-state index contributed by atoms with van der Waals surface area (Å²) in [5.41, 5.74) is 2.15. The molecule has 0 saturated carbocycles. The molecule has 7 heteroatoms. The van der Waals surface area contributed by atoms with E-state index in [9.17, 15) is 14.9 Å². The Kier molecular flexibility index (Phi) is 6.08. The van der Waals surface area contributed by atoms with Gasteiger partial charge in [-0.2, -0.15) is 0 Å². The summed E-state index contributed by atoms with van der Waals surface area (Å²) in [6.45, 7) is 2.61. The van der Waals surface area contributed by atoms with E-state index in [0.29, 0.717) is 6.54 Å². The summed E-state index contributed by atoms with van der Waals surface area (Å²) in [6, 6.07) is 11.9. The van der Waals surface area contributed by atoms with E-state index in [0.717, 1.165) is 16.9 Å². The van der Waals surface area contributed by atoms with Gasteiger partial charge in [0.25, 0.3) is 5.69 Å². The third-order valence-electron chi connectivity index (χ3n) is 3.66. The average Bonchev–Trinajstić information content (AvgIpc) is 2.55. The molecule has 2 aromatic carbocycles. The number of nitrogens with zero attached hydrogens (tertiary/aromatic N) is 2. The number of para-hydroxylation sites is 2. The molecule has 0 spiro atoms. The smallest absolute Gasteiger partial charge is 0.292 e. The average molecular weight is 343 g/mol. The third kappa shape index (κ3) is 5.02. The number of anilines is 1. The number of hydrogen-bond donors (Lipinski definition) is 1. The molecule has 0 fully saturated rings. The molecule has 132 valence electrons. The first-order chi connectivity index (χ1) is 11.9. The summed E-state index contributed by atoms with van der Waals surface area (Å²) in [5, 5.41) is 13.6. The summed E-state index contributed by atoms with van der Waals surface area (Å²) < 4.78 is 5.34. The summed E-state index contributed by atoms with van der Waals surface area (Å²) in [6.07, 6.45) is 0. The molecule has 1 N–H and O–H groups in total. The Morgan fingerprint density at radius 1 is 1.28 bits per heavy atom. The highest BCUT2D eigenvalue weighted by Gasteiger charge is 2.16. The van der Waals surface area contributed by atoms with Crippen LogP contribution in [0.25, 0.3) is 0 Å². The number of aryl methyl sites for hydroxylation is 1. The zero-order valence-corrected chi connectivity index (χ0v) is 14.5. The summed E-state index contributed by atoms with van der Waals surface area (Å²) >= 11 is 0. The van der Waals surface area contributed by atoms with E-state index >= 15 is 0 Å². The van der Waals surface area contributed by atoms with Gasteiger partial charge in [-0.3, -0.25) is 19.8 Å². The molecule has 0 saturated heterocycles. The van der Waals surface area contributed by atoms with Crippen LogP contribution >= 0.6 is 0 Å². The van der Waals surface area contributed by atoms with Crippen LogP contribution in [-0.2, 0) is 11.3 Å². The van der Waals surface area contributed by atoms with E-state index in [1.807, 2.05) is 30.0 Å². The zero-order valence-electron chi connectivity index (χ0n) is 14.5. The lowest BCUT2D eigenvalue weighted by atomic mass is 10.1. The minimum Gasteiger partial charge on any atom is -0.496 e. The molecule has 0 heterocycles. The summed E-state index contributed by atoms with van der Waals surface area (Å²) in [7, 11) is 3.41. The van der Waals surface area contributed by atoms with Crippen molar-refractivity contribution >= 4 is 17.3 Å². The highest BCUT2D eigenvalue weighted by Crippen LogP contribution is 2.23. The lowest BCUT2D eigenvalue weighted by molar-refractivity contribution is -0.383. The van der Waals surface area contributed by atoms with Crippen molar-refractivity contribution in [2.75, 3.05) is 26.0 Å². The maximum Gasteiger partial charge on any atom is 0.292 e. The van der Waals surface area contributed by atoms with Crippen molar-refractivity contribution in [3.8, 4) is 5.75 Å². The monoisotopic (exact) mass is 343 g/mol. The predicted octanol–water partition coefficient (Wildman–Crippen LogP) is 2.98. The number of hydrogen-bond acceptors (Lipinski definition) is 5. The molecule has 0 radical (unpaired) electrons. The van der Waals surface area contributed by atoms with Gasteiger partial charge in [0.15, 0.2) is 0 Å². The van der Waals surface area contributed by atoms with Crippen LogP contribution < -0.4 is 10.1 Å². The molecule has 25 heavy (non-hydrogen) atoms. The van der Waals surface area contributed by atoms with Crippen LogP contribution in [0.15, 0.2) is 42.5 Å². The number of methoxy groups -OCH3 is 1. The van der Waals surface area contributed by atoms with E-state index in [2.05, 4.69) is 5.32 Å². The Morgan fingerprint density at radius 2 is 2.00 bits per heavy atom. The van der Waals surface area contributed by atoms with Crippen molar-refractivity contribution in [1.29, 1.82) is 0 Å². The van der Waals surface area contributed by atoms with Crippen molar-refractivity contribution in [1.82, 2.24) is 4.90 Å². The highest BCUT2D eigenvalue weighted by molar-refractivity contribution is 5.94. The Hall–Kier alpha value is -2.93. The zero-order chi connectivity index (χ0) is 18.4. The maximum atomic E-state index is 12.2. The van der Waals surface area contributed by atoms with E-state index in [4.69, 9.17) is 4.74 Å². The number of amides is 1. The molecule has 2 rings (SSSR count). The van der Waals surface area contributed by atoms with E-state index in [1.54, 1.807) is 26.3 Å². The minimum atomic E-state index is -0.517. The lowest BCUT2D eigenvalue weighted by Gasteiger charge is -2.18. The molecule has 0 aromatic heterocycles. The van der Waals surface area contributed by atoms with Crippen LogP contribution in [0.2, 0.25) is 0 Å². The normalized spacial score (nSPS) is 10.6.